The average molecular weight is 337 g/mol. The molecule has 7 heteroatoms. The molecule has 0 bridgehead atoms. The summed E-state index contributed by atoms with van der Waals surface area (Å²) in [4.78, 5) is 13.8. The highest BCUT2D eigenvalue weighted by molar-refractivity contribution is 7.89. The van der Waals surface area contributed by atoms with Crippen molar-refractivity contribution in [1.29, 1.82) is 0 Å². The lowest BCUT2D eigenvalue weighted by molar-refractivity contribution is -0.116. The topological polar surface area (TPSA) is 69.7 Å². The molecule has 1 amide bonds. The van der Waals surface area contributed by atoms with Crippen LogP contribution in [-0.2, 0) is 21.2 Å². The Kier molecular flexibility index (Phi) is 4.20. The first-order chi connectivity index (χ1) is 10.8. The first-order valence-corrected chi connectivity index (χ1v) is 9.41. The van der Waals surface area contributed by atoms with E-state index in [-0.39, 0.29) is 18.0 Å². The summed E-state index contributed by atoms with van der Waals surface area (Å²) in [6.45, 7) is 7.25. The molecule has 1 N–H and O–H groups in total. The highest BCUT2D eigenvalue weighted by atomic mass is 32.2. The third-order valence-corrected chi connectivity index (χ3v) is 6.66. The van der Waals surface area contributed by atoms with Gasteiger partial charge in [0.05, 0.1) is 4.90 Å². The smallest absolute Gasteiger partial charge is 0.243 e. The van der Waals surface area contributed by atoms with E-state index in [1.807, 2.05) is 13.8 Å². The number of rotatable bonds is 2. The van der Waals surface area contributed by atoms with Crippen molar-refractivity contribution < 1.29 is 13.2 Å². The number of carbonyl (C=O) groups excluding carboxylic acids is 1. The predicted molar refractivity (Wildman–Crippen MR) is 89.0 cm³/mol. The molecule has 2 aliphatic heterocycles. The van der Waals surface area contributed by atoms with Crippen molar-refractivity contribution in [3.05, 3.63) is 23.8 Å². The second kappa shape index (κ2) is 5.89. The van der Waals surface area contributed by atoms with Crippen LogP contribution < -0.4 is 10.2 Å². The molecule has 2 aliphatic rings. The van der Waals surface area contributed by atoms with Gasteiger partial charge in [-0.3, -0.25) is 4.79 Å². The molecule has 126 valence electrons. The number of anilines is 1. The van der Waals surface area contributed by atoms with Gasteiger partial charge in [0.25, 0.3) is 0 Å². The van der Waals surface area contributed by atoms with Crippen molar-refractivity contribution in [3.63, 3.8) is 0 Å². The van der Waals surface area contributed by atoms with E-state index in [0.29, 0.717) is 31.0 Å². The lowest BCUT2D eigenvalue weighted by Crippen LogP contribution is -2.52. The molecule has 1 fully saturated rings. The Morgan fingerprint density at radius 3 is 2.65 bits per heavy atom. The summed E-state index contributed by atoms with van der Waals surface area (Å²) >= 11 is 0. The third-order valence-electron chi connectivity index (χ3n) is 4.65. The molecular formula is C16H23N3O3S. The number of fused-ring (bicyclic) bond motifs is 1. The maximum absolute atomic E-state index is 12.9. The van der Waals surface area contributed by atoms with Crippen molar-refractivity contribution in [2.75, 3.05) is 24.5 Å². The lowest BCUT2D eigenvalue weighted by atomic mass is 10.1. The second-order valence-electron chi connectivity index (χ2n) is 6.40. The van der Waals surface area contributed by atoms with Crippen LogP contribution in [0.25, 0.3) is 0 Å². The van der Waals surface area contributed by atoms with Gasteiger partial charge in [-0.05, 0) is 44.0 Å². The van der Waals surface area contributed by atoms with Crippen molar-refractivity contribution in [1.82, 2.24) is 9.62 Å². The predicted octanol–water partition coefficient (Wildman–Crippen LogP) is 0.966. The minimum Gasteiger partial charge on any atom is -0.314 e. The van der Waals surface area contributed by atoms with Crippen molar-refractivity contribution >= 4 is 21.6 Å². The molecule has 23 heavy (non-hydrogen) atoms. The van der Waals surface area contributed by atoms with E-state index in [2.05, 4.69) is 5.32 Å². The number of hydrogen-bond donors (Lipinski definition) is 1. The summed E-state index contributed by atoms with van der Waals surface area (Å²) < 4.78 is 27.4. The normalized spacial score (nSPS) is 25.4. The van der Waals surface area contributed by atoms with Crippen LogP contribution in [0.1, 0.15) is 26.3 Å². The zero-order chi connectivity index (χ0) is 16.8. The van der Waals surface area contributed by atoms with Crippen LogP contribution >= 0.6 is 0 Å². The fourth-order valence-electron chi connectivity index (χ4n) is 3.56. The Morgan fingerprint density at radius 2 is 2.00 bits per heavy atom. The number of carbonyl (C=O) groups is 1. The van der Waals surface area contributed by atoms with Gasteiger partial charge >= 0.3 is 0 Å². The fraction of sp³-hybridized carbons (Fsp3) is 0.562. The van der Waals surface area contributed by atoms with Crippen LogP contribution in [0.5, 0.6) is 0 Å². The van der Waals surface area contributed by atoms with Gasteiger partial charge in [0.2, 0.25) is 15.9 Å². The molecule has 6 nitrogen and oxygen atoms in total. The minimum absolute atomic E-state index is 0.0115. The number of nitrogens with zero attached hydrogens (tertiary/aromatic N) is 2. The highest BCUT2D eigenvalue weighted by Crippen LogP contribution is 2.34. The van der Waals surface area contributed by atoms with Crippen LogP contribution in [0, 0.1) is 0 Å². The third kappa shape index (κ3) is 2.77. The van der Waals surface area contributed by atoms with E-state index in [0.717, 1.165) is 11.3 Å². The molecule has 3 rings (SSSR count). The van der Waals surface area contributed by atoms with E-state index in [9.17, 15) is 13.2 Å². The van der Waals surface area contributed by atoms with E-state index < -0.39 is 10.0 Å². The second-order valence-corrected chi connectivity index (χ2v) is 8.29. The number of piperazine rings is 1. The number of hydrogen-bond acceptors (Lipinski definition) is 4. The van der Waals surface area contributed by atoms with Gasteiger partial charge in [0.1, 0.15) is 0 Å². The largest absolute Gasteiger partial charge is 0.314 e. The summed E-state index contributed by atoms with van der Waals surface area (Å²) in [5.41, 5.74) is 1.76. The van der Waals surface area contributed by atoms with Crippen molar-refractivity contribution in [2.45, 2.75) is 44.2 Å². The summed E-state index contributed by atoms with van der Waals surface area (Å²) in [6.07, 6.45) is 0.690. The van der Waals surface area contributed by atoms with Gasteiger partial charge in [-0.2, -0.15) is 4.31 Å². The van der Waals surface area contributed by atoms with Gasteiger partial charge in [-0.1, -0.05) is 0 Å². The molecule has 1 aromatic carbocycles. The molecular weight excluding hydrogens is 314 g/mol. The number of amides is 1. The van der Waals surface area contributed by atoms with Gasteiger partial charge < -0.3 is 10.2 Å². The summed E-state index contributed by atoms with van der Waals surface area (Å²) in [6, 6.07) is 5.13. The van der Waals surface area contributed by atoms with Crippen molar-refractivity contribution in [2.24, 2.45) is 0 Å². The molecule has 2 atom stereocenters. The first kappa shape index (κ1) is 16.4. The molecule has 2 heterocycles. The Balaban J connectivity index is 1.97. The molecule has 0 saturated carbocycles. The summed E-state index contributed by atoms with van der Waals surface area (Å²) in [5.74, 6) is -0.0115. The maximum Gasteiger partial charge on any atom is 0.243 e. The van der Waals surface area contributed by atoms with E-state index in [4.69, 9.17) is 0 Å². The Morgan fingerprint density at radius 1 is 1.26 bits per heavy atom. The maximum atomic E-state index is 12.9. The number of nitrogens with one attached hydrogen (secondary N) is 1. The van der Waals surface area contributed by atoms with Crippen LogP contribution in [0.15, 0.2) is 23.1 Å². The highest BCUT2D eigenvalue weighted by Gasteiger charge is 2.34. The van der Waals surface area contributed by atoms with Gasteiger partial charge in [-0.25, -0.2) is 8.42 Å². The van der Waals surface area contributed by atoms with Crippen LogP contribution in [-0.4, -0.2) is 50.3 Å². The molecule has 2 unspecified atom stereocenters. The lowest BCUT2D eigenvalue weighted by Gasteiger charge is -2.33. The standard InChI is InChI=1S/C16H23N3O3S/c1-11-8-14-9-15(4-5-16(14)19(11)13(3)20)23(21,22)18-7-6-17-10-12(18)2/h4-5,9,11-12,17H,6-8,10H2,1-3H3. The van der Waals surface area contributed by atoms with Crippen LogP contribution in [0.3, 0.4) is 0 Å². The van der Waals surface area contributed by atoms with E-state index in [1.165, 1.54) is 0 Å². The zero-order valence-electron chi connectivity index (χ0n) is 13.7. The molecule has 1 aromatic rings. The Labute approximate surface area is 137 Å². The first-order valence-electron chi connectivity index (χ1n) is 7.97. The number of sulfonamides is 1. The van der Waals surface area contributed by atoms with E-state index >= 15 is 0 Å². The van der Waals surface area contributed by atoms with Gasteiger partial charge in [0, 0.05) is 44.3 Å². The monoisotopic (exact) mass is 337 g/mol. The Bertz CT molecular complexity index is 732. The minimum atomic E-state index is -3.50. The summed E-state index contributed by atoms with van der Waals surface area (Å²) in [5, 5.41) is 3.20. The molecule has 0 radical (unpaired) electrons. The molecule has 1 saturated heterocycles. The van der Waals surface area contributed by atoms with Crippen LogP contribution in [0.2, 0.25) is 0 Å². The molecule has 0 aliphatic carbocycles. The van der Waals surface area contributed by atoms with Crippen LogP contribution in [0.4, 0.5) is 5.69 Å². The molecule has 0 spiro atoms. The Hall–Kier alpha value is -1.44. The SMILES string of the molecule is CC(=O)N1c2ccc(S(=O)(=O)N3CCNCC3C)cc2CC1C. The number of benzene rings is 1. The van der Waals surface area contributed by atoms with Gasteiger partial charge in [0.15, 0.2) is 0 Å². The van der Waals surface area contributed by atoms with Gasteiger partial charge in [-0.15, -0.1) is 0 Å². The zero-order valence-corrected chi connectivity index (χ0v) is 14.6. The average Bonchev–Trinajstić information content (AvgIpc) is 2.82. The van der Waals surface area contributed by atoms with Crippen molar-refractivity contribution in [3.8, 4) is 0 Å². The van der Waals surface area contributed by atoms with E-state index in [1.54, 1.807) is 34.3 Å². The quantitative estimate of drug-likeness (QED) is 0.873. The fourth-order valence-corrected chi connectivity index (χ4v) is 5.24. The molecule has 0 aromatic heterocycles. The summed E-state index contributed by atoms with van der Waals surface area (Å²) in [7, 11) is -3.50.